The van der Waals surface area contributed by atoms with Gasteiger partial charge >= 0.3 is 5.69 Å². The number of aromatic nitrogens is 3. The van der Waals surface area contributed by atoms with Crippen molar-refractivity contribution in [2.75, 3.05) is 5.75 Å². The van der Waals surface area contributed by atoms with Gasteiger partial charge < -0.3 is 0 Å². The SMILES string of the molecule is O=c1n(-c2ccccc2)nc2n1CCSC2. The lowest BCUT2D eigenvalue weighted by atomic mass is 10.3. The number of nitrogens with zero attached hydrogens (tertiary/aromatic N) is 3. The average Bonchev–Trinajstić information content (AvgIpc) is 2.69. The molecule has 0 atom stereocenters. The molecule has 3 rings (SSSR count). The molecule has 0 saturated heterocycles. The summed E-state index contributed by atoms with van der Waals surface area (Å²) in [5, 5.41) is 4.37. The molecule has 2 aromatic rings. The second-order valence-corrected chi connectivity index (χ2v) is 4.76. The normalized spacial score (nSPS) is 14.8. The largest absolute Gasteiger partial charge is 0.350 e. The van der Waals surface area contributed by atoms with Crippen LogP contribution in [0.15, 0.2) is 35.1 Å². The van der Waals surface area contributed by atoms with Crippen molar-refractivity contribution >= 4 is 11.8 Å². The van der Waals surface area contributed by atoms with Crippen molar-refractivity contribution < 1.29 is 0 Å². The summed E-state index contributed by atoms with van der Waals surface area (Å²) in [6.07, 6.45) is 0. The summed E-state index contributed by atoms with van der Waals surface area (Å²) in [4.78, 5) is 12.1. The Morgan fingerprint density at radius 3 is 2.81 bits per heavy atom. The second kappa shape index (κ2) is 3.83. The lowest BCUT2D eigenvalue weighted by Crippen LogP contribution is -2.26. The van der Waals surface area contributed by atoms with Gasteiger partial charge in [-0.1, -0.05) is 18.2 Å². The molecule has 0 unspecified atom stereocenters. The van der Waals surface area contributed by atoms with Crippen molar-refractivity contribution in [2.24, 2.45) is 0 Å². The molecule has 16 heavy (non-hydrogen) atoms. The van der Waals surface area contributed by atoms with Crippen LogP contribution in [0.25, 0.3) is 5.69 Å². The molecule has 82 valence electrons. The Morgan fingerprint density at radius 1 is 1.25 bits per heavy atom. The van der Waals surface area contributed by atoms with E-state index in [1.807, 2.05) is 42.1 Å². The number of para-hydroxylation sites is 1. The van der Waals surface area contributed by atoms with Gasteiger partial charge in [-0.05, 0) is 12.1 Å². The van der Waals surface area contributed by atoms with E-state index >= 15 is 0 Å². The first-order chi connectivity index (χ1) is 7.86. The van der Waals surface area contributed by atoms with Gasteiger partial charge in [0, 0.05) is 12.3 Å². The van der Waals surface area contributed by atoms with Gasteiger partial charge in [-0.3, -0.25) is 4.57 Å². The third kappa shape index (κ3) is 1.48. The molecule has 0 radical (unpaired) electrons. The van der Waals surface area contributed by atoms with Crippen LogP contribution in [0.5, 0.6) is 0 Å². The van der Waals surface area contributed by atoms with E-state index in [-0.39, 0.29) is 5.69 Å². The van der Waals surface area contributed by atoms with Crippen molar-refractivity contribution in [1.82, 2.24) is 14.3 Å². The zero-order valence-electron chi connectivity index (χ0n) is 8.67. The molecule has 1 aliphatic rings. The summed E-state index contributed by atoms with van der Waals surface area (Å²) in [5.74, 6) is 2.70. The molecule has 1 aromatic carbocycles. The molecule has 4 nitrogen and oxygen atoms in total. The molecule has 0 saturated carbocycles. The van der Waals surface area contributed by atoms with Crippen molar-refractivity contribution in [2.45, 2.75) is 12.3 Å². The molecule has 0 spiro atoms. The van der Waals surface area contributed by atoms with Crippen LogP contribution in [0.1, 0.15) is 5.82 Å². The van der Waals surface area contributed by atoms with Gasteiger partial charge in [0.2, 0.25) is 0 Å². The highest BCUT2D eigenvalue weighted by molar-refractivity contribution is 7.98. The molecule has 0 bridgehead atoms. The molecule has 0 N–H and O–H groups in total. The molecule has 0 aliphatic carbocycles. The lowest BCUT2D eigenvalue weighted by molar-refractivity contribution is 0.688. The van der Waals surface area contributed by atoms with Crippen molar-refractivity contribution in [3.05, 3.63) is 46.6 Å². The molecule has 2 heterocycles. The predicted octanol–water partition coefficient (Wildman–Crippen LogP) is 1.28. The number of hydrogen-bond donors (Lipinski definition) is 0. The first-order valence-electron chi connectivity index (χ1n) is 5.18. The van der Waals surface area contributed by atoms with Crippen molar-refractivity contribution in [3.63, 3.8) is 0 Å². The molecule has 0 amide bonds. The third-order valence-corrected chi connectivity index (χ3v) is 3.56. The number of rotatable bonds is 1. The first-order valence-corrected chi connectivity index (χ1v) is 6.33. The van der Waals surface area contributed by atoms with Gasteiger partial charge in [-0.15, -0.1) is 5.10 Å². The van der Waals surface area contributed by atoms with E-state index < -0.39 is 0 Å². The van der Waals surface area contributed by atoms with Crippen LogP contribution in [-0.2, 0) is 12.3 Å². The standard InChI is InChI=1S/C11H11N3OS/c15-11-13-6-7-16-8-10(13)12-14(11)9-4-2-1-3-5-9/h1-5H,6-8H2. The summed E-state index contributed by atoms with van der Waals surface area (Å²) in [5.41, 5.74) is 0.806. The highest BCUT2D eigenvalue weighted by Gasteiger charge is 2.17. The molecule has 1 aliphatic heterocycles. The van der Waals surface area contributed by atoms with Crippen LogP contribution >= 0.6 is 11.8 Å². The minimum absolute atomic E-state index is 0.0264. The van der Waals surface area contributed by atoms with Gasteiger partial charge in [0.1, 0.15) is 5.82 Å². The molecule has 0 fully saturated rings. The lowest BCUT2D eigenvalue weighted by Gasteiger charge is -2.09. The van der Waals surface area contributed by atoms with Crippen LogP contribution < -0.4 is 5.69 Å². The average molecular weight is 233 g/mol. The van der Waals surface area contributed by atoms with Crippen LogP contribution in [0.4, 0.5) is 0 Å². The topological polar surface area (TPSA) is 39.8 Å². The van der Waals surface area contributed by atoms with Crippen LogP contribution in [-0.4, -0.2) is 20.1 Å². The van der Waals surface area contributed by atoms with E-state index in [0.29, 0.717) is 0 Å². The highest BCUT2D eigenvalue weighted by Crippen LogP contribution is 2.16. The van der Waals surface area contributed by atoms with Crippen LogP contribution in [0.3, 0.4) is 0 Å². The van der Waals surface area contributed by atoms with E-state index in [2.05, 4.69) is 5.10 Å². The summed E-state index contributed by atoms with van der Waals surface area (Å²) in [7, 11) is 0. The van der Waals surface area contributed by atoms with Crippen LogP contribution in [0.2, 0.25) is 0 Å². The summed E-state index contributed by atoms with van der Waals surface area (Å²) in [6.45, 7) is 0.770. The molecule has 5 heteroatoms. The molecular formula is C11H11N3OS. The minimum atomic E-state index is -0.0264. The zero-order valence-corrected chi connectivity index (χ0v) is 9.48. The Kier molecular flexibility index (Phi) is 2.32. The Hall–Kier alpha value is -1.49. The Bertz CT molecular complexity index is 558. The number of fused-ring (bicyclic) bond motifs is 1. The Morgan fingerprint density at radius 2 is 2.06 bits per heavy atom. The Labute approximate surface area is 96.9 Å². The maximum Gasteiger partial charge on any atom is 0.350 e. The highest BCUT2D eigenvalue weighted by atomic mass is 32.2. The fourth-order valence-corrected chi connectivity index (χ4v) is 2.68. The Balaban J connectivity index is 2.16. The maximum absolute atomic E-state index is 12.1. The first kappa shape index (κ1) is 9.72. The smallest absolute Gasteiger partial charge is 0.277 e. The zero-order chi connectivity index (χ0) is 11.0. The number of thioether (sulfide) groups is 1. The van der Waals surface area contributed by atoms with Crippen LogP contribution in [0, 0.1) is 0 Å². The predicted molar refractivity (Wildman–Crippen MR) is 64.0 cm³/mol. The van der Waals surface area contributed by atoms with Gasteiger partial charge in [0.05, 0.1) is 11.4 Å². The summed E-state index contributed by atoms with van der Waals surface area (Å²) >= 11 is 1.82. The minimum Gasteiger partial charge on any atom is -0.277 e. The van der Waals surface area contributed by atoms with E-state index in [1.54, 1.807) is 4.57 Å². The van der Waals surface area contributed by atoms with E-state index in [9.17, 15) is 4.79 Å². The third-order valence-electron chi connectivity index (χ3n) is 2.63. The number of hydrogen-bond acceptors (Lipinski definition) is 3. The summed E-state index contributed by atoms with van der Waals surface area (Å²) < 4.78 is 3.25. The van der Waals surface area contributed by atoms with E-state index in [4.69, 9.17) is 0 Å². The quantitative estimate of drug-likeness (QED) is 0.745. The van der Waals surface area contributed by atoms with E-state index in [0.717, 1.165) is 29.6 Å². The molecule has 1 aromatic heterocycles. The van der Waals surface area contributed by atoms with Gasteiger partial charge in [0.25, 0.3) is 0 Å². The van der Waals surface area contributed by atoms with Crippen molar-refractivity contribution in [3.8, 4) is 5.69 Å². The van der Waals surface area contributed by atoms with E-state index in [1.165, 1.54) is 4.68 Å². The maximum atomic E-state index is 12.1. The van der Waals surface area contributed by atoms with Gasteiger partial charge in [0.15, 0.2) is 0 Å². The molecular weight excluding hydrogens is 222 g/mol. The van der Waals surface area contributed by atoms with Gasteiger partial charge in [-0.25, -0.2) is 4.79 Å². The summed E-state index contributed by atoms with van der Waals surface area (Å²) in [6, 6.07) is 9.55. The fourth-order valence-electron chi connectivity index (χ4n) is 1.83. The fraction of sp³-hybridized carbons (Fsp3) is 0.273. The number of benzene rings is 1. The second-order valence-electron chi connectivity index (χ2n) is 3.65. The van der Waals surface area contributed by atoms with Gasteiger partial charge in [-0.2, -0.15) is 16.4 Å². The monoisotopic (exact) mass is 233 g/mol. The van der Waals surface area contributed by atoms with Crippen molar-refractivity contribution in [1.29, 1.82) is 0 Å².